The van der Waals surface area contributed by atoms with E-state index in [4.69, 9.17) is 21.1 Å². The summed E-state index contributed by atoms with van der Waals surface area (Å²) in [4.78, 5) is 23.8. The molecule has 0 aromatic rings. The molecule has 1 amide bonds. The summed E-state index contributed by atoms with van der Waals surface area (Å²) >= 11 is 7.10. The van der Waals surface area contributed by atoms with Gasteiger partial charge in [0.15, 0.2) is 0 Å². The van der Waals surface area contributed by atoms with Crippen LogP contribution in [0.1, 0.15) is 77.6 Å². The predicted molar refractivity (Wildman–Crippen MR) is 115 cm³/mol. The first-order chi connectivity index (χ1) is 13.2. The van der Waals surface area contributed by atoms with Gasteiger partial charge in [-0.15, -0.1) is 11.6 Å². The molecular formula is C20H38ClNO4S. The highest BCUT2D eigenvalue weighted by Crippen LogP contribution is 2.11. The lowest BCUT2D eigenvalue weighted by molar-refractivity contribution is -0.146. The van der Waals surface area contributed by atoms with Gasteiger partial charge in [-0.05, 0) is 24.9 Å². The molecule has 0 radical (unpaired) electrons. The van der Waals surface area contributed by atoms with Crippen molar-refractivity contribution in [1.29, 1.82) is 0 Å². The minimum atomic E-state index is -0.664. The predicted octanol–water partition coefficient (Wildman–Crippen LogP) is 5.54. The third kappa shape index (κ3) is 17.2. The molecule has 0 rings (SSSR count). The van der Waals surface area contributed by atoms with Gasteiger partial charge in [-0.3, -0.25) is 0 Å². The minimum Gasteiger partial charge on any atom is -0.464 e. The molecule has 7 heteroatoms. The number of alkyl halides is 1. The summed E-state index contributed by atoms with van der Waals surface area (Å²) in [7, 11) is 0. The average Bonchev–Trinajstić information content (AvgIpc) is 2.67. The third-order valence-electron chi connectivity index (χ3n) is 4.24. The second-order valence-corrected chi connectivity index (χ2v) is 8.02. The first kappa shape index (κ1) is 26.4. The molecule has 0 aliphatic carbocycles. The molecule has 5 nitrogen and oxygen atoms in total. The third-order valence-corrected chi connectivity index (χ3v) is 5.04. The first-order valence-corrected chi connectivity index (χ1v) is 12.2. The van der Waals surface area contributed by atoms with Crippen molar-refractivity contribution in [1.82, 2.24) is 5.32 Å². The summed E-state index contributed by atoms with van der Waals surface area (Å²) in [5, 5.41) is 2.57. The normalized spacial score (nSPS) is 11.8. The zero-order valence-electron chi connectivity index (χ0n) is 17.1. The van der Waals surface area contributed by atoms with Crippen LogP contribution in [-0.4, -0.2) is 49.2 Å². The molecule has 0 saturated carbocycles. The smallest absolute Gasteiger partial charge is 0.407 e. The highest BCUT2D eigenvalue weighted by molar-refractivity contribution is 7.98. The van der Waals surface area contributed by atoms with Gasteiger partial charge in [-0.2, -0.15) is 11.8 Å². The summed E-state index contributed by atoms with van der Waals surface area (Å²) in [6.07, 6.45) is 14.2. The summed E-state index contributed by atoms with van der Waals surface area (Å²) in [6, 6.07) is -0.664. The van der Waals surface area contributed by atoms with Crippen LogP contribution in [-0.2, 0) is 14.3 Å². The van der Waals surface area contributed by atoms with Gasteiger partial charge in [0.25, 0.3) is 0 Å². The average molecular weight is 424 g/mol. The van der Waals surface area contributed by atoms with E-state index in [-0.39, 0.29) is 18.5 Å². The van der Waals surface area contributed by atoms with E-state index < -0.39 is 12.1 Å². The molecule has 0 fully saturated rings. The number of esters is 1. The standard InChI is InChI=1S/C20H38ClNO4S/c1-3-4-5-6-7-8-9-10-11-12-15-25-19(23)18(13-17-27-2)22-20(24)26-16-14-21/h18H,3-17H2,1-2H3,(H,22,24). The van der Waals surface area contributed by atoms with E-state index in [2.05, 4.69) is 12.2 Å². The number of unbranched alkanes of at least 4 members (excludes halogenated alkanes) is 9. The number of ether oxygens (including phenoxy) is 2. The second kappa shape index (κ2) is 20.1. The van der Waals surface area contributed by atoms with Gasteiger partial charge in [0.2, 0.25) is 0 Å². The van der Waals surface area contributed by atoms with Gasteiger partial charge in [0, 0.05) is 0 Å². The van der Waals surface area contributed by atoms with Crippen LogP contribution < -0.4 is 5.32 Å². The summed E-state index contributed by atoms with van der Waals surface area (Å²) < 4.78 is 10.2. The maximum absolute atomic E-state index is 12.2. The molecule has 1 N–H and O–H groups in total. The number of thioether (sulfide) groups is 1. The molecule has 160 valence electrons. The van der Waals surface area contributed by atoms with Gasteiger partial charge in [-0.25, -0.2) is 9.59 Å². The van der Waals surface area contributed by atoms with Gasteiger partial charge in [-0.1, -0.05) is 64.7 Å². The van der Waals surface area contributed by atoms with Gasteiger partial charge in [0.05, 0.1) is 12.5 Å². The Labute approximate surface area is 174 Å². The fourth-order valence-corrected chi connectivity index (χ4v) is 3.21. The number of alkyl carbamates (subject to hydrolysis) is 1. The van der Waals surface area contributed by atoms with E-state index in [9.17, 15) is 9.59 Å². The zero-order valence-corrected chi connectivity index (χ0v) is 18.7. The van der Waals surface area contributed by atoms with E-state index in [1.165, 1.54) is 51.4 Å². The molecular weight excluding hydrogens is 386 g/mol. The maximum atomic E-state index is 12.2. The lowest BCUT2D eigenvalue weighted by atomic mass is 10.1. The van der Waals surface area contributed by atoms with Crippen LogP contribution in [0.15, 0.2) is 0 Å². The lowest BCUT2D eigenvalue weighted by Crippen LogP contribution is -2.42. The van der Waals surface area contributed by atoms with Crippen molar-refractivity contribution >= 4 is 35.4 Å². The van der Waals surface area contributed by atoms with Gasteiger partial charge >= 0.3 is 12.1 Å². The second-order valence-electron chi connectivity index (χ2n) is 6.65. The molecule has 1 atom stereocenters. The van der Waals surface area contributed by atoms with Crippen LogP contribution in [0.4, 0.5) is 4.79 Å². The van der Waals surface area contributed by atoms with Crippen LogP contribution in [0, 0.1) is 0 Å². The Morgan fingerprint density at radius 3 is 2.07 bits per heavy atom. The zero-order chi connectivity index (χ0) is 20.2. The Hall–Kier alpha value is -0.620. The molecule has 0 aromatic heterocycles. The monoisotopic (exact) mass is 423 g/mol. The first-order valence-electron chi connectivity index (χ1n) is 10.3. The Morgan fingerprint density at radius 2 is 1.52 bits per heavy atom. The van der Waals surface area contributed by atoms with E-state index in [0.717, 1.165) is 18.6 Å². The molecule has 0 heterocycles. The number of nitrogens with one attached hydrogen (secondary N) is 1. The number of carbonyl (C=O) groups excluding carboxylic acids is 2. The number of rotatable bonds is 18. The molecule has 1 unspecified atom stereocenters. The fourth-order valence-electron chi connectivity index (χ4n) is 2.66. The van der Waals surface area contributed by atoms with Crippen LogP contribution >= 0.6 is 23.4 Å². The van der Waals surface area contributed by atoms with Crippen LogP contribution in [0.2, 0.25) is 0 Å². The number of carbonyl (C=O) groups is 2. The number of halogens is 1. The van der Waals surface area contributed by atoms with E-state index >= 15 is 0 Å². The van der Waals surface area contributed by atoms with Gasteiger partial charge in [0.1, 0.15) is 12.6 Å². The number of hydrogen-bond acceptors (Lipinski definition) is 5. The Bertz CT molecular complexity index is 372. The van der Waals surface area contributed by atoms with E-state index in [1.807, 2.05) is 6.26 Å². The summed E-state index contributed by atoms with van der Waals surface area (Å²) in [6.45, 7) is 2.76. The molecule has 27 heavy (non-hydrogen) atoms. The highest BCUT2D eigenvalue weighted by atomic mass is 35.5. The number of amides is 1. The van der Waals surface area contributed by atoms with Crippen LogP contribution in [0.25, 0.3) is 0 Å². The molecule has 0 aromatic carbocycles. The molecule has 0 bridgehead atoms. The van der Waals surface area contributed by atoms with Crippen molar-refractivity contribution in [2.24, 2.45) is 0 Å². The summed E-state index contributed by atoms with van der Waals surface area (Å²) in [5.74, 6) is 0.600. The van der Waals surface area contributed by atoms with E-state index in [0.29, 0.717) is 13.0 Å². The largest absolute Gasteiger partial charge is 0.464 e. The summed E-state index contributed by atoms with van der Waals surface area (Å²) in [5.41, 5.74) is 0. The lowest BCUT2D eigenvalue weighted by Gasteiger charge is -2.17. The molecule has 0 aliphatic rings. The van der Waals surface area contributed by atoms with Crippen LogP contribution in [0.5, 0.6) is 0 Å². The minimum absolute atomic E-state index is 0.121. The Balaban J connectivity index is 3.81. The van der Waals surface area contributed by atoms with Crippen molar-refractivity contribution in [2.45, 2.75) is 83.6 Å². The maximum Gasteiger partial charge on any atom is 0.407 e. The Kier molecular flexibility index (Phi) is 19.7. The Morgan fingerprint density at radius 1 is 0.926 bits per heavy atom. The van der Waals surface area contributed by atoms with Gasteiger partial charge < -0.3 is 14.8 Å². The number of hydrogen-bond donors (Lipinski definition) is 1. The van der Waals surface area contributed by atoms with Crippen molar-refractivity contribution in [3.8, 4) is 0 Å². The molecule has 0 aliphatic heterocycles. The van der Waals surface area contributed by atoms with Crippen molar-refractivity contribution in [2.75, 3.05) is 31.1 Å². The quantitative estimate of drug-likeness (QED) is 0.178. The van der Waals surface area contributed by atoms with Crippen molar-refractivity contribution in [3.63, 3.8) is 0 Å². The van der Waals surface area contributed by atoms with E-state index in [1.54, 1.807) is 11.8 Å². The van der Waals surface area contributed by atoms with Crippen LogP contribution in [0.3, 0.4) is 0 Å². The molecule has 0 spiro atoms. The highest BCUT2D eigenvalue weighted by Gasteiger charge is 2.22. The van der Waals surface area contributed by atoms with Crippen molar-refractivity contribution < 1.29 is 19.1 Å². The SMILES string of the molecule is CCCCCCCCCCCCOC(=O)C(CCSC)NC(=O)OCCCl. The fraction of sp³-hybridized carbons (Fsp3) is 0.900. The topological polar surface area (TPSA) is 64.6 Å². The van der Waals surface area contributed by atoms with Crippen molar-refractivity contribution in [3.05, 3.63) is 0 Å². The molecule has 0 saturated heterocycles.